The Morgan fingerprint density at radius 3 is 2.09 bits per heavy atom. The molecule has 0 atom stereocenters. The van der Waals surface area contributed by atoms with Crippen LogP contribution in [-0.2, 0) is 7.05 Å². The minimum atomic E-state index is 1.25. The van der Waals surface area contributed by atoms with E-state index in [1.165, 1.54) is 38.5 Å². The van der Waals surface area contributed by atoms with Crippen LogP contribution in [0.4, 0.5) is 0 Å². The summed E-state index contributed by atoms with van der Waals surface area (Å²) in [6, 6.07) is 26.1. The first-order chi connectivity index (χ1) is 10.7. The lowest BCUT2D eigenvalue weighted by molar-refractivity contribution is -0.633. The summed E-state index contributed by atoms with van der Waals surface area (Å²) in [5.74, 6) is 0. The maximum Gasteiger partial charge on any atom is 0.213 e. The molecule has 1 nitrogen and oxygen atoms in total. The van der Waals surface area contributed by atoms with E-state index in [9.17, 15) is 0 Å². The molecule has 0 N–H and O–H groups in total. The van der Waals surface area contributed by atoms with Gasteiger partial charge in [0.05, 0.1) is 0 Å². The molecule has 0 radical (unpaired) electrons. The third-order valence-electron chi connectivity index (χ3n) is 4.45. The van der Waals surface area contributed by atoms with Crippen LogP contribution in [0.2, 0.25) is 0 Å². The van der Waals surface area contributed by atoms with Gasteiger partial charge >= 0.3 is 0 Å². The van der Waals surface area contributed by atoms with Crippen LogP contribution < -0.4 is 4.57 Å². The molecule has 3 aromatic carbocycles. The summed E-state index contributed by atoms with van der Waals surface area (Å²) in [4.78, 5) is 0. The number of aryl methyl sites for hydroxylation is 2. The molecule has 0 saturated heterocycles. The van der Waals surface area contributed by atoms with Crippen LogP contribution in [0.25, 0.3) is 32.9 Å². The molecule has 4 aromatic rings. The molecule has 0 saturated carbocycles. The molecular weight excluding hydrogens is 266 g/mol. The number of benzene rings is 3. The first-order valence-electron chi connectivity index (χ1n) is 7.61. The highest BCUT2D eigenvalue weighted by Crippen LogP contribution is 2.27. The number of pyridine rings is 1. The Labute approximate surface area is 130 Å². The number of hydrogen-bond donors (Lipinski definition) is 0. The van der Waals surface area contributed by atoms with E-state index in [1.54, 1.807) is 0 Å². The molecule has 4 rings (SSSR count). The highest BCUT2D eigenvalue weighted by molar-refractivity contribution is 5.88. The fraction of sp³-hybridized carbons (Fsp3) is 0.0952. The van der Waals surface area contributed by atoms with Crippen molar-refractivity contribution < 1.29 is 4.57 Å². The molecule has 0 aliphatic heterocycles. The smallest absolute Gasteiger partial charge is 0.194 e. The number of nitrogens with zero attached hydrogens (tertiary/aromatic N) is 1. The minimum Gasteiger partial charge on any atom is -0.194 e. The lowest BCUT2D eigenvalue weighted by atomic mass is 9.98. The van der Waals surface area contributed by atoms with E-state index in [0.29, 0.717) is 0 Å². The molecule has 1 heterocycles. The summed E-state index contributed by atoms with van der Waals surface area (Å²) in [5.41, 5.74) is 5.12. The van der Waals surface area contributed by atoms with Crippen LogP contribution in [0.15, 0.2) is 72.8 Å². The summed E-state index contributed by atoms with van der Waals surface area (Å²) in [7, 11) is 2.15. The molecule has 106 valence electrons. The maximum atomic E-state index is 2.30. The molecular formula is C21H18N+. The molecule has 0 fully saturated rings. The average Bonchev–Trinajstić information content (AvgIpc) is 2.55. The van der Waals surface area contributed by atoms with Gasteiger partial charge in [0.15, 0.2) is 0 Å². The van der Waals surface area contributed by atoms with E-state index in [4.69, 9.17) is 0 Å². The van der Waals surface area contributed by atoms with Crippen molar-refractivity contribution in [2.75, 3.05) is 0 Å². The van der Waals surface area contributed by atoms with E-state index in [-0.39, 0.29) is 0 Å². The van der Waals surface area contributed by atoms with E-state index in [1.807, 2.05) is 0 Å². The zero-order valence-electron chi connectivity index (χ0n) is 12.9. The van der Waals surface area contributed by atoms with Crippen molar-refractivity contribution in [2.24, 2.45) is 7.05 Å². The molecule has 0 aliphatic rings. The average molecular weight is 284 g/mol. The lowest BCUT2D eigenvalue weighted by Crippen LogP contribution is -2.32. The van der Waals surface area contributed by atoms with E-state index in [0.717, 1.165) is 0 Å². The largest absolute Gasteiger partial charge is 0.213 e. The van der Waals surface area contributed by atoms with Gasteiger partial charge in [-0.05, 0) is 41.5 Å². The topological polar surface area (TPSA) is 3.88 Å². The van der Waals surface area contributed by atoms with Crippen LogP contribution in [0.5, 0.6) is 0 Å². The SMILES string of the molecule is Cc1cc2ccccc2cc1-c1ccc2ccccc2[n+]1C. The summed E-state index contributed by atoms with van der Waals surface area (Å²) in [6.07, 6.45) is 0. The van der Waals surface area contributed by atoms with E-state index in [2.05, 4.69) is 91.3 Å². The van der Waals surface area contributed by atoms with Crippen molar-refractivity contribution >= 4 is 21.7 Å². The van der Waals surface area contributed by atoms with E-state index < -0.39 is 0 Å². The summed E-state index contributed by atoms with van der Waals surface area (Å²) < 4.78 is 2.28. The van der Waals surface area contributed by atoms with Crippen molar-refractivity contribution in [3.63, 3.8) is 0 Å². The number of fused-ring (bicyclic) bond motifs is 2. The lowest BCUT2D eigenvalue weighted by Gasteiger charge is -2.08. The van der Waals surface area contributed by atoms with Gasteiger partial charge in [-0.2, -0.15) is 4.57 Å². The first-order valence-corrected chi connectivity index (χ1v) is 7.61. The van der Waals surface area contributed by atoms with Gasteiger partial charge in [0.25, 0.3) is 0 Å². The van der Waals surface area contributed by atoms with Gasteiger partial charge in [-0.3, -0.25) is 0 Å². The van der Waals surface area contributed by atoms with Crippen LogP contribution >= 0.6 is 0 Å². The number of rotatable bonds is 1. The minimum absolute atomic E-state index is 1.25. The Morgan fingerprint density at radius 2 is 1.32 bits per heavy atom. The van der Waals surface area contributed by atoms with Crippen molar-refractivity contribution in [2.45, 2.75) is 6.92 Å². The predicted octanol–water partition coefficient (Wildman–Crippen LogP) is 4.79. The highest BCUT2D eigenvalue weighted by Gasteiger charge is 2.15. The summed E-state index contributed by atoms with van der Waals surface area (Å²) >= 11 is 0. The van der Waals surface area contributed by atoms with Crippen LogP contribution in [0.3, 0.4) is 0 Å². The predicted molar refractivity (Wildman–Crippen MR) is 92.8 cm³/mol. The second-order valence-electron chi connectivity index (χ2n) is 5.85. The molecule has 0 spiro atoms. The molecule has 0 unspecified atom stereocenters. The van der Waals surface area contributed by atoms with Gasteiger partial charge in [0.2, 0.25) is 11.2 Å². The summed E-state index contributed by atoms with van der Waals surface area (Å²) in [5, 5.41) is 3.86. The first kappa shape index (κ1) is 13.0. The fourth-order valence-electron chi connectivity index (χ4n) is 3.24. The van der Waals surface area contributed by atoms with Gasteiger partial charge < -0.3 is 0 Å². The zero-order valence-corrected chi connectivity index (χ0v) is 12.9. The third-order valence-corrected chi connectivity index (χ3v) is 4.45. The molecule has 0 amide bonds. The van der Waals surface area contributed by atoms with Gasteiger partial charge in [-0.1, -0.05) is 42.5 Å². The van der Waals surface area contributed by atoms with Crippen molar-refractivity contribution in [3.8, 4) is 11.3 Å². The Morgan fingerprint density at radius 1 is 0.682 bits per heavy atom. The zero-order chi connectivity index (χ0) is 15.1. The number of aromatic nitrogens is 1. The molecule has 0 aliphatic carbocycles. The quantitative estimate of drug-likeness (QED) is 0.442. The number of para-hydroxylation sites is 1. The standard InChI is InChI=1S/C21H18N/c1-15-13-17-8-3-4-9-18(17)14-19(15)21-12-11-16-7-5-6-10-20(16)22(21)2/h3-14H,1-2H3/q+1. The second-order valence-corrected chi connectivity index (χ2v) is 5.85. The Balaban J connectivity index is 2.02. The van der Waals surface area contributed by atoms with Gasteiger partial charge in [0.1, 0.15) is 7.05 Å². The van der Waals surface area contributed by atoms with E-state index >= 15 is 0 Å². The molecule has 22 heavy (non-hydrogen) atoms. The monoisotopic (exact) mass is 284 g/mol. The Kier molecular flexibility index (Phi) is 2.93. The molecule has 1 heteroatoms. The Bertz CT molecular complexity index is 993. The summed E-state index contributed by atoms with van der Waals surface area (Å²) in [6.45, 7) is 2.19. The second kappa shape index (κ2) is 4.96. The van der Waals surface area contributed by atoms with Crippen LogP contribution in [0.1, 0.15) is 5.56 Å². The fourth-order valence-corrected chi connectivity index (χ4v) is 3.24. The molecule has 1 aromatic heterocycles. The third kappa shape index (κ3) is 1.98. The number of hydrogen-bond acceptors (Lipinski definition) is 0. The van der Waals surface area contributed by atoms with Gasteiger partial charge in [0, 0.05) is 23.1 Å². The normalized spacial score (nSPS) is 11.2. The van der Waals surface area contributed by atoms with Gasteiger partial charge in [-0.15, -0.1) is 0 Å². The Hall–Kier alpha value is -2.67. The van der Waals surface area contributed by atoms with Crippen molar-refractivity contribution in [1.29, 1.82) is 0 Å². The van der Waals surface area contributed by atoms with Crippen molar-refractivity contribution in [3.05, 3.63) is 78.4 Å². The van der Waals surface area contributed by atoms with Gasteiger partial charge in [-0.25, -0.2) is 0 Å². The highest BCUT2D eigenvalue weighted by atomic mass is 14.9. The molecule has 0 bridgehead atoms. The van der Waals surface area contributed by atoms with Crippen molar-refractivity contribution in [1.82, 2.24) is 0 Å². The maximum absolute atomic E-state index is 2.30. The van der Waals surface area contributed by atoms with Crippen LogP contribution in [0, 0.1) is 6.92 Å². The van der Waals surface area contributed by atoms with Crippen LogP contribution in [-0.4, -0.2) is 0 Å².